The summed E-state index contributed by atoms with van der Waals surface area (Å²) in [6, 6.07) is 4.93. The van der Waals surface area contributed by atoms with Crippen LogP contribution in [-0.2, 0) is 10.9 Å². The standard InChI is InChI=1S/C15H18F3NO2/c1-11(2)5-6-20-7-8-21-14-4-3-12(10-19)9-13(14)15(16,17)18/h3-4,9,11H,5-8H2,1-2H3. The Morgan fingerprint density at radius 1 is 1.19 bits per heavy atom. The maximum Gasteiger partial charge on any atom is 0.420 e. The minimum atomic E-state index is -4.55. The summed E-state index contributed by atoms with van der Waals surface area (Å²) in [5.41, 5.74) is -0.994. The van der Waals surface area contributed by atoms with Gasteiger partial charge in [0.2, 0.25) is 0 Å². The Morgan fingerprint density at radius 3 is 2.48 bits per heavy atom. The van der Waals surface area contributed by atoms with E-state index in [9.17, 15) is 13.2 Å². The van der Waals surface area contributed by atoms with E-state index in [1.807, 2.05) is 0 Å². The lowest BCUT2D eigenvalue weighted by molar-refractivity contribution is -0.139. The lowest BCUT2D eigenvalue weighted by Gasteiger charge is -2.14. The van der Waals surface area contributed by atoms with Crippen LogP contribution in [-0.4, -0.2) is 19.8 Å². The third kappa shape index (κ3) is 6.05. The first kappa shape index (κ1) is 17.3. The number of hydrogen-bond acceptors (Lipinski definition) is 3. The minimum absolute atomic E-state index is 0.0348. The van der Waals surface area contributed by atoms with Gasteiger partial charge in [0.25, 0.3) is 0 Å². The lowest BCUT2D eigenvalue weighted by Crippen LogP contribution is -2.13. The largest absolute Gasteiger partial charge is 0.491 e. The monoisotopic (exact) mass is 301 g/mol. The van der Waals surface area contributed by atoms with Gasteiger partial charge in [-0.15, -0.1) is 0 Å². The van der Waals surface area contributed by atoms with Gasteiger partial charge < -0.3 is 9.47 Å². The fourth-order valence-corrected chi connectivity index (χ4v) is 1.58. The van der Waals surface area contributed by atoms with E-state index in [-0.39, 0.29) is 24.5 Å². The van der Waals surface area contributed by atoms with Crippen molar-refractivity contribution >= 4 is 0 Å². The normalized spacial score (nSPS) is 11.5. The fourth-order valence-electron chi connectivity index (χ4n) is 1.58. The molecule has 6 heteroatoms. The van der Waals surface area contributed by atoms with Gasteiger partial charge in [-0.25, -0.2) is 0 Å². The van der Waals surface area contributed by atoms with Crippen molar-refractivity contribution in [1.82, 2.24) is 0 Å². The van der Waals surface area contributed by atoms with Crippen molar-refractivity contribution in [2.45, 2.75) is 26.4 Å². The average Bonchev–Trinajstić information content (AvgIpc) is 2.41. The second-order valence-corrected chi connectivity index (χ2v) is 4.96. The van der Waals surface area contributed by atoms with Gasteiger partial charge in [0.15, 0.2) is 0 Å². The summed E-state index contributed by atoms with van der Waals surface area (Å²) in [6.45, 7) is 4.94. The van der Waals surface area contributed by atoms with Gasteiger partial charge in [0.05, 0.1) is 23.8 Å². The number of benzene rings is 1. The molecule has 0 spiro atoms. The second-order valence-electron chi connectivity index (χ2n) is 4.96. The van der Waals surface area contributed by atoms with Crippen LogP contribution in [0.1, 0.15) is 31.4 Å². The van der Waals surface area contributed by atoms with Crippen molar-refractivity contribution in [2.75, 3.05) is 19.8 Å². The topological polar surface area (TPSA) is 42.2 Å². The fraction of sp³-hybridized carbons (Fsp3) is 0.533. The molecular weight excluding hydrogens is 283 g/mol. The van der Waals surface area contributed by atoms with Gasteiger partial charge in [-0.3, -0.25) is 0 Å². The Labute approximate surface area is 122 Å². The van der Waals surface area contributed by atoms with Crippen LogP contribution in [0.15, 0.2) is 18.2 Å². The van der Waals surface area contributed by atoms with E-state index in [1.165, 1.54) is 6.07 Å². The van der Waals surface area contributed by atoms with E-state index in [4.69, 9.17) is 14.7 Å². The highest BCUT2D eigenvalue weighted by molar-refractivity contribution is 5.43. The molecular formula is C15H18F3NO2. The van der Waals surface area contributed by atoms with E-state index in [0.29, 0.717) is 12.5 Å². The Hall–Kier alpha value is -1.74. The van der Waals surface area contributed by atoms with Crippen LogP contribution in [0, 0.1) is 17.2 Å². The molecule has 1 rings (SSSR count). The number of nitrogens with zero attached hydrogens (tertiary/aromatic N) is 1. The molecule has 0 saturated heterocycles. The van der Waals surface area contributed by atoms with Crippen molar-refractivity contribution in [3.8, 4) is 11.8 Å². The number of hydrogen-bond donors (Lipinski definition) is 0. The summed E-state index contributed by atoms with van der Waals surface area (Å²) in [5, 5.41) is 8.66. The molecule has 0 N–H and O–H groups in total. The molecule has 0 heterocycles. The zero-order valence-corrected chi connectivity index (χ0v) is 12.0. The van der Waals surface area contributed by atoms with Crippen LogP contribution in [0.5, 0.6) is 5.75 Å². The summed E-state index contributed by atoms with van der Waals surface area (Å²) in [6.07, 6.45) is -3.66. The third-order valence-corrected chi connectivity index (χ3v) is 2.74. The molecule has 21 heavy (non-hydrogen) atoms. The molecule has 3 nitrogen and oxygen atoms in total. The highest BCUT2D eigenvalue weighted by Gasteiger charge is 2.34. The molecule has 0 amide bonds. The van der Waals surface area contributed by atoms with Gasteiger partial charge in [0, 0.05) is 6.61 Å². The maximum atomic E-state index is 12.9. The Balaban J connectivity index is 2.57. The van der Waals surface area contributed by atoms with Crippen molar-refractivity contribution in [1.29, 1.82) is 5.26 Å². The van der Waals surface area contributed by atoms with Crippen LogP contribution >= 0.6 is 0 Å². The summed E-state index contributed by atoms with van der Waals surface area (Å²) < 4.78 is 49.0. The van der Waals surface area contributed by atoms with Crippen molar-refractivity contribution in [3.05, 3.63) is 29.3 Å². The van der Waals surface area contributed by atoms with E-state index in [2.05, 4.69) is 13.8 Å². The Morgan fingerprint density at radius 2 is 1.90 bits per heavy atom. The molecule has 0 atom stereocenters. The molecule has 1 aromatic carbocycles. The smallest absolute Gasteiger partial charge is 0.420 e. The predicted octanol–water partition coefficient (Wildman–Crippen LogP) is 4.02. The number of rotatable bonds is 7. The van der Waals surface area contributed by atoms with E-state index >= 15 is 0 Å². The van der Waals surface area contributed by atoms with Crippen molar-refractivity contribution < 1.29 is 22.6 Å². The zero-order valence-electron chi connectivity index (χ0n) is 12.0. The third-order valence-electron chi connectivity index (χ3n) is 2.74. The first-order chi connectivity index (χ1) is 9.84. The molecule has 0 saturated carbocycles. The van der Waals surface area contributed by atoms with Crippen molar-refractivity contribution in [3.63, 3.8) is 0 Å². The highest BCUT2D eigenvalue weighted by Crippen LogP contribution is 2.36. The number of ether oxygens (including phenoxy) is 2. The Kier molecular flexibility index (Phi) is 6.50. The maximum absolute atomic E-state index is 12.9. The summed E-state index contributed by atoms with van der Waals surface area (Å²) in [7, 11) is 0. The lowest BCUT2D eigenvalue weighted by atomic mass is 10.1. The quantitative estimate of drug-likeness (QED) is 0.714. The zero-order chi connectivity index (χ0) is 15.9. The van der Waals surface area contributed by atoms with Crippen LogP contribution in [0.2, 0.25) is 0 Å². The summed E-state index contributed by atoms with van der Waals surface area (Å²) in [4.78, 5) is 0. The van der Waals surface area contributed by atoms with Gasteiger partial charge in [-0.2, -0.15) is 18.4 Å². The second kappa shape index (κ2) is 7.89. The van der Waals surface area contributed by atoms with E-state index in [0.717, 1.165) is 18.6 Å². The van der Waals surface area contributed by atoms with E-state index < -0.39 is 11.7 Å². The van der Waals surface area contributed by atoms with Crippen LogP contribution in [0.4, 0.5) is 13.2 Å². The van der Waals surface area contributed by atoms with Crippen molar-refractivity contribution in [2.24, 2.45) is 5.92 Å². The SMILES string of the molecule is CC(C)CCOCCOc1ccc(C#N)cc1C(F)(F)F. The van der Waals surface area contributed by atoms with Gasteiger partial charge in [-0.05, 0) is 30.5 Å². The average molecular weight is 301 g/mol. The molecule has 0 aliphatic rings. The van der Waals surface area contributed by atoms with Gasteiger partial charge >= 0.3 is 6.18 Å². The molecule has 0 bridgehead atoms. The number of halogens is 3. The van der Waals surface area contributed by atoms with Crippen LogP contribution in [0.3, 0.4) is 0 Å². The Bertz CT molecular complexity index is 493. The van der Waals surface area contributed by atoms with Crippen LogP contribution < -0.4 is 4.74 Å². The van der Waals surface area contributed by atoms with E-state index in [1.54, 1.807) is 6.07 Å². The minimum Gasteiger partial charge on any atom is -0.491 e. The molecule has 0 aromatic heterocycles. The first-order valence-electron chi connectivity index (χ1n) is 6.66. The molecule has 0 aliphatic heterocycles. The molecule has 0 radical (unpaired) electrons. The molecule has 0 unspecified atom stereocenters. The van der Waals surface area contributed by atoms with Gasteiger partial charge in [-0.1, -0.05) is 13.8 Å². The molecule has 116 valence electrons. The predicted molar refractivity (Wildman–Crippen MR) is 71.9 cm³/mol. The molecule has 0 fully saturated rings. The van der Waals surface area contributed by atoms with Gasteiger partial charge in [0.1, 0.15) is 12.4 Å². The molecule has 0 aliphatic carbocycles. The first-order valence-corrected chi connectivity index (χ1v) is 6.66. The summed E-state index contributed by atoms with van der Waals surface area (Å²) >= 11 is 0. The molecule has 1 aromatic rings. The van der Waals surface area contributed by atoms with Crippen LogP contribution in [0.25, 0.3) is 0 Å². The highest BCUT2D eigenvalue weighted by atomic mass is 19.4. The number of alkyl halides is 3. The summed E-state index contributed by atoms with van der Waals surface area (Å²) in [5.74, 6) is 0.232. The number of nitriles is 1.